The van der Waals surface area contributed by atoms with E-state index in [1.54, 1.807) is 6.07 Å². The normalized spacial score (nSPS) is 16.7. The summed E-state index contributed by atoms with van der Waals surface area (Å²) in [4.78, 5) is 34.5. The molecule has 1 aliphatic rings. The van der Waals surface area contributed by atoms with Crippen LogP contribution in [0.3, 0.4) is 0 Å². The first-order valence-corrected chi connectivity index (χ1v) is 9.34. The monoisotopic (exact) mass is 367 g/mol. The average Bonchev–Trinajstić information content (AvgIpc) is 2.67. The number of hydrogen-bond acceptors (Lipinski definition) is 5. The topological polar surface area (TPSA) is 87.2 Å². The quantitative estimate of drug-likeness (QED) is 0.843. The Hall–Kier alpha value is -2.96. The fourth-order valence-corrected chi connectivity index (χ4v) is 3.41. The predicted octanol–water partition coefficient (Wildman–Crippen LogP) is 3.58. The van der Waals surface area contributed by atoms with Gasteiger partial charge in [-0.15, -0.1) is 0 Å². The van der Waals surface area contributed by atoms with Crippen molar-refractivity contribution in [2.45, 2.75) is 45.6 Å². The largest absolute Gasteiger partial charge is 0.340 e. The Morgan fingerprint density at radius 2 is 2.00 bits per heavy atom. The van der Waals surface area contributed by atoms with Gasteiger partial charge in [0.2, 0.25) is 5.91 Å². The van der Waals surface area contributed by atoms with Gasteiger partial charge in [0.05, 0.1) is 0 Å². The Kier molecular flexibility index (Phi) is 6.01. The number of likely N-dealkylation sites (tertiary alicyclic amines) is 1. The molecular formula is C20H25N5O2. The number of piperidine rings is 1. The number of aromatic nitrogens is 2. The van der Waals surface area contributed by atoms with Crippen molar-refractivity contribution in [1.29, 1.82) is 0 Å². The molecule has 1 unspecified atom stereocenters. The number of carbonyl (C=O) groups excluding carboxylic acids is 2. The molecule has 2 N–H and O–H groups in total. The summed E-state index contributed by atoms with van der Waals surface area (Å²) in [5.41, 5.74) is 1.85. The van der Waals surface area contributed by atoms with Crippen LogP contribution in [-0.2, 0) is 4.79 Å². The average molecular weight is 367 g/mol. The second kappa shape index (κ2) is 8.62. The zero-order valence-corrected chi connectivity index (χ0v) is 15.7. The smallest absolute Gasteiger partial charge is 0.272 e. The van der Waals surface area contributed by atoms with Crippen molar-refractivity contribution in [3.05, 3.63) is 42.4 Å². The molecule has 7 heteroatoms. The molecule has 1 aromatic heterocycles. The second-order valence-corrected chi connectivity index (χ2v) is 6.73. The molecule has 0 spiro atoms. The van der Waals surface area contributed by atoms with Crippen LogP contribution in [0.15, 0.2) is 36.7 Å². The lowest BCUT2D eigenvalue weighted by atomic mass is 9.99. The van der Waals surface area contributed by atoms with Crippen LogP contribution < -0.4 is 10.6 Å². The van der Waals surface area contributed by atoms with Gasteiger partial charge in [-0.05, 0) is 43.9 Å². The van der Waals surface area contributed by atoms with E-state index < -0.39 is 0 Å². The molecule has 2 heterocycles. The zero-order chi connectivity index (χ0) is 19.2. The van der Waals surface area contributed by atoms with Crippen molar-refractivity contribution in [3.63, 3.8) is 0 Å². The summed E-state index contributed by atoms with van der Waals surface area (Å²) in [5.74, 6) is 0.367. The van der Waals surface area contributed by atoms with E-state index in [2.05, 4.69) is 27.5 Å². The maximum atomic E-state index is 12.9. The molecule has 7 nitrogen and oxygen atoms in total. The van der Waals surface area contributed by atoms with Crippen molar-refractivity contribution in [2.24, 2.45) is 0 Å². The molecule has 1 atom stereocenters. The van der Waals surface area contributed by atoms with Gasteiger partial charge in [-0.2, -0.15) is 0 Å². The molecule has 2 aromatic rings. The molecule has 1 fully saturated rings. The second-order valence-electron chi connectivity index (χ2n) is 6.73. The molecule has 2 amide bonds. The van der Waals surface area contributed by atoms with E-state index in [0.29, 0.717) is 17.2 Å². The highest BCUT2D eigenvalue weighted by molar-refractivity contribution is 5.93. The van der Waals surface area contributed by atoms with E-state index >= 15 is 0 Å². The van der Waals surface area contributed by atoms with Gasteiger partial charge in [-0.1, -0.05) is 13.0 Å². The first kappa shape index (κ1) is 18.8. The van der Waals surface area contributed by atoms with E-state index in [1.165, 1.54) is 19.7 Å². The Morgan fingerprint density at radius 1 is 1.19 bits per heavy atom. The minimum atomic E-state index is -0.130. The van der Waals surface area contributed by atoms with E-state index in [1.807, 2.05) is 29.2 Å². The Bertz CT molecular complexity index is 824. The van der Waals surface area contributed by atoms with Gasteiger partial charge in [0.1, 0.15) is 17.8 Å². The summed E-state index contributed by atoms with van der Waals surface area (Å²) < 4.78 is 0. The van der Waals surface area contributed by atoms with E-state index in [0.717, 1.165) is 31.5 Å². The van der Waals surface area contributed by atoms with Crippen LogP contribution in [0.25, 0.3) is 0 Å². The molecule has 1 saturated heterocycles. The summed E-state index contributed by atoms with van der Waals surface area (Å²) in [7, 11) is 0. The van der Waals surface area contributed by atoms with Crippen LogP contribution in [0, 0.1) is 0 Å². The van der Waals surface area contributed by atoms with Gasteiger partial charge in [-0.25, -0.2) is 9.97 Å². The fraction of sp³-hybridized carbons (Fsp3) is 0.400. The third-order valence-corrected chi connectivity index (χ3v) is 4.70. The van der Waals surface area contributed by atoms with Gasteiger partial charge in [-0.3, -0.25) is 9.59 Å². The summed E-state index contributed by atoms with van der Waals surface area (Å²) in [6.45, 7) is 4.36. The number of carbonyl (C=O) groups is 2. The predicted molar refractivity (Wildman–Crippen MR) is 105 cm³/mol. The lowest BCUT2D eigenvalue weighted by Gasteiger charge is -2.35. The van der Waals surface area contributed by atoms with Crippen LogP contribution >= 0.6 is 0 Å². The van der Waals surface area contributed by atoms with Crippen molar-refractivity contribution in [3.8, 4) is 0 Å². The van der Waals surface area contributed by atoms with E-state index in [4.69, 9.17) is 0 Å². The van der Waals surface area contributed by atoms with Crippen molar-refractivity contribution in [1.82, 2.24) is 14.9 Å². The lowest BCUT2D eigenvalue weighted by molar-refractivity contribution is -0.114. The molecule has 0 saturated carbocycles. The number of nitrogens with zero attached hydrogens (tertiary/aromatic N) is 3. The summed E-state index contributed by atoms with van der Waals surface area (Å²) in [6.07, 6.45) is 5.61. The first-order valence-electron chi connectivity index (χ1n) is 9.34. The van der Waals surface area contributed by atoms with Gasteiger partial charge >= 0.3 is 0 Å². The molecule has 0 radical (unpaired) electrons. The third-order valence-electron chi connectivity index (χ3n) is 4.70. The van der Waals surface area contributed by atoms with Gasteiger partial charge < -0.3 is 15.5 Å². The van der Waals surface area contributed by atoms with Gasteiger partial charge in [0, 0.05) is 37.0 Å². The molecule has 3 rings (SSSR count). The number of amides is 2. The standard InChI is InChI=1S/C20H25N5O2/c1-3-17-9-4-5-10-25(17)20(27)18-12-19(22-13-21-18)24-16-8-6-7-15(11-16)23-14(2)26/h6-8,11-13,17H,3-5,9-10H2,1-2H3,(H,23,26)(H,21,22,24). The number of nitrogens with one attached hydrogen (secondary N) is 2. The van der Waals surface area contributed by atoms with Gasteiger partial charge in [0.25, 0.3) is 5.91 Å². The molecule has 0 bridgehead atoms. The van der Waals surface area contributed by atoms with Crippen molar-refractivity contribution in [2.75, 3.05) is 17.2 Å². The summed E-state index contributed by atoms with van der Waals surface area (Å²) >= 11 is 0. The van der Waals surface area contributed by atoms with Crippen LogP contribution in [0.2, 0.25) is 0 Å². The molecule has 142 valence electrons. The molecule has 0 aliphatic carbocycles. The summed E-state index contributed by atoms with van der Waals surface area (Å²) in [5, 5.41) is 5.91. The molecule has 27 heavy (non-hydrogen) atoms. The Balaban J connectivity index is 1.75. The lowest BCUT2D eigenvalue weighted by Crippen LogP contribution is -2.43. The minimum absolute atomic E-state index is 0.0426. The Morgan fingerprint density at radius 3 is 2.78 bits per heavy atom. The highest BCUT2D eigenvalue weighted by atomic mass is 16.2. The SMILES string of the molecule is CCC1CCCCN1C(=O)c1cc(Nc2cccc(NC(C)=O)c2)ncn1. The highest BCUT2D eigenvalue weighted by Gasteiger charge is 2.27. The van der Waals surface area contributed by atoms with Crippen LogP contribution in [0.1, 0.15) is 50.0 Å². The molecule has 1 aromatic carbocycles. The summed E-state index contributed by atoms with van der Waals surface area (Å²) in [6, 6.07) is 9.28. The fourth-order valence-electron chi connectivity index (χ4n) is 3.41. The number of anilines is 3. The molecular weight excluding hydrogens is 342 g/mol. The zero-order valence-electron chi connectivity index (χ0n) is 15.7. The van der Waals surface area contributed by atoms with E-state index in [9.17, 15) is 9.59 Å². The maximum Gasteiger partial charge on any atom is 0.272 e. The first-order chi connectivity index (χ1) is 13.1. The van der Waals surface area contributed by atoms with E-state index in [-0.39, 0.29) is 17.9 Å². The minimum Gasteiger partial charge on any atom is -0.340 e. The van der Waals surface area contributed by atoms with Crippen LogP contribution in [0.4, 0.5) is 17.2 Å². The molecule has 1 aliphatic heterocycles. The number of rotatable bonds is 5. The third kappa shape index (κ3) is 4.81. The van der Waals surface area contributed by atoms with Crippen LogP contribution in [0.5, 0.6) is 0 Å². The maximum absolute atomic E-state index is 12.9. The number of hydrogen-bond donors (Lipinski definition) is 2. The van der Waals surface area contributed by atoms with Crippen LogP contribution in [-0.4, -0.2) is 39.3 Å². The van der Waals surface area contributed by atoms with Gasteiger partial charge in [0.15, 0.2) is 0 Å². The highest BCUT2D eigenvalue weighted by Crippen LogP contribution is 2.23. The van der Waals surface area contributed by atoms with Crippen molar-refractivity contribution >= 4 is 29.0 Å². The number of benzene rings is 1. The van der Waals surface area contributed by atoms with Crippen molar-refractivity contribution < 1.29 is 9.59 Å². The Labute approximate surface area is 159 Å².